The minimum atomic E-state index is -0.300. The number of primary amides is 1. The van der Waals surface area contributed by atoms with Crippen LogP contribution in [0.15, 0.2) is 18.2 Å². The van der Waals surface area contributed by atoms with Crippen molar-refractivity contribution in [3.8, 4) is 5.75 Å². The summed E-state index contributed by atoms with van der Waals surface area (Å²) in [6.07, 6.45) is 0.325. The molecule has 4 nitrogen and oxygen atoms in total. The fourth-order valence-corrected chi connectivity index (χ4v) is 1.54. The molecule has 0 saturated heterocycles. The number of methoxy groups -OCH3 is 1. The molecule has 0 heterocycles. The summed E-state index contributed by atoms with van der Waals surface area (Å²) in [5, 5.41) is 3.24. The molecule has 0 aliphatic carbocycles. The Balaban J connectivity index is 2.70. The highest BCUT2D eigenvalue weighted by Gasteiger charge is 2.07. The zero-order chi connectivity index (χ0) is 12.1. The van der Waals surface area contributed by atoms with Gasteiger partial charge in [-0.05, 0) is 37.6 Å². The van der Waals surface area contributed by atoms with Gasteiger partial charge in [-0.25, -0.2) is 0 Å². The number of nitrogens with two attached hydrogens (primary N) is 1. The number of ether oxygens (including phenoxy) is 1. The van der Waals surface area contributed by atoms with Gasteiger partial charge in [-0.1, -0.05) is 0 Å². The molecule has 1 unspecified atom stereocenters. The summed E-state index contributed by atoms with van der Waals surface area (Å²) in [7, 11) is 1.64. The number of carbonyl (C=O) groups excluding carboxylic acids is 1. The van der Waals surface area contributed by atoms with Gasteiger partial charge in [-0.3, -0.25) is 4.79 Å². The third-order valence-corrected chi connectivity index (χ3v) is 2.34. The van der Waals surface area contributed by atoms with E-state index in [0.29, 0.717) is 6.42 Å². The van der Waals surface area contributed by atoms with Crippen LogP contribution in [-0.4, -0.2) is 19.1 Å². The summed E-state index contributed by atoms with van der Waals surface area (Å²) in [4.78, 5) is 10.7. The Morgan fingerprint density at radius 3 is 2.75 bits per heavy atom. The number of hydrogen-bond donors (Lipinski definition) is 2. The van der Waals surface area contributed by atoms with E-state index >= 15 is 0 Å². The van der Waals surface area contributed by atoms with Gasteiger partial charge >= 0.3 is 0 Å². The lowest BCUT2D eigenvalue weighted by atomic mass is 10.1. The van der Waals surface area contributed by atoms with Crippen molar-refractivity contribution in [3.05, 3.63) is 23.8 Å². The van der Waals surface area contributed by atoms with E-state index in [0.717, 1.165) is 17.0 Å². The maximum absolute atomic E-state index is 10.7. The summed E-state index contributed by atoms with van der Waals surface area (Å²) in [5.74, 6) is 0.525. The first-order valence-electron chi connectivity index (χ1n) is 5.22. The first-order chi connectivity index (χ1) is 7.52. The van der Waals surface area contributed by atoms with Crippen LogP contribution in [0, 0.1) is 6.92 Å². The molecular formula is C12H18N2O2. The number of nitrogens with one attached hydrogen (secondary N) is 1. The maximum Gasteiger partial charge on any atom is 0.219 e. The molecule has 4 heteroatoms. The average molecular weight is 222 g/mol. The van der Waals surface area contributed by atoms with E-state index in [1.807, 2.05) is 32.0 Å². The van der Waals surface area contributed by atoms with E-state index in [4.69, 9.17) is 10.5 Å². The van der Waals surface area contributed by atoms with Crippen LogP contribution in [0.3, 0.4) is 0 Å². The lowest BCUT2D eigenvalue weighted by molar-refractivity contribution is -0.118. The largest absolute Gasteiger partial charge is 0.497 e. The van der Waals surface area contributed by atoms with Crippen LogP contribution in [0.1, 0.15) is 18.9 Å². The van der Waals surface area contributed by atoms with Gasteiger partial charge in [0.05, 0.1) is 7.11 Å². The first-order valence-corrected chi connectivity index (χ1v) is 5.22. The molecule has 88 valence electrons. The van der Waals surface area contributed by atoms with Crippen LogP contribution in [-0.2, 0) is 4.79 Å². The Bertz CT molecular complexity index is 377. The number of aryl methyl sites for hydroxylation is 1. The van der Waals surface area contributed by atoms with Gasteiger partial charge in [0.15, 0.2) is 0 Å². The molecule has 16 heavy (non-hydrogen) atoms. The fourth-order valence-electron chi connectivity index (χ4n) is 1.54. The predicted molar refractivity (Wildman–Crippen MR) is 64.6 cm³/mol. The van der Waals surface area contributed by atoms with Crippen LogP contribution in [0.2, 0.25) is 0 Å². The summed E-state index contributed by atoms with van der Waals surface area (Å²) in [6, 6.07) is 5.79. The van der Waals surface area contributed by atoms with Crippen molar-refractivity contribution in [1.82, 2.24) is 0 Å². The van der Waals surface area contributed by atoms with Crippen molar-refractivity contribution in [1.29, 1.82) is 0 Å². The minimum Gasteiger partial charge on any atom is -0.497 e. The standard InChI is InChI=1S/C12H18N2O2/c1-8-6-10(16-3)4-5-11(8)14-9(2)7-12(13)15/h4-6,9,14H,7H2,1-3H3,(H2,13,15). The molecule has 0 saturated carbocycles. The Morgan fingerprint density at radius 1 is 1.56 bits per heavy atom. The molecule has 0 spiro atoms. The third kappa shape index (κ3) is 3.46. The highest BCUT2D eigenvalue weighted by atomic mass is 16.5. The van der Waals surface area contributed by atoms with Gasteiger partial charge in [-0.15, -0.1) is 0 Å². The van der Waals surface area contributed by atoms with Gasteiger partial charge in [-0.2, -0.15) is 0 Å². The molecule has 1 aromatic rings. The van der Waals surface area contributed by atoms with Gasteiger partial charge in [0.2, 0.25) is 5.91 Å². The van der Waals surface area contributed by atoms with Crippen LogP contribution in [0.5, 0.6) is 5.75 Å². The van der Waals surface area contributed by atoms with E-state index in [1.165, 1.54) is 0 Å². The van der Waals surface area contributed by atoms with Crippen molar-refractivity contribution < 1.29 is 9.53 Å². The minimum absolute atomic E-state index is 0.0320. The van der Waals surface area contributed by atoms with E-state index in [-0.39, 0.29) is 11.9 Å². The Labute approximate surface area is 95.8 Å². The summed E-state index contributed by atoms with van der Waals surface area (Å²) >= 11 is 0. The molecule has 0 aromatic heterocycles. The zero-order valence-corrected chi connectivity index (χ0v) is 9.91. The molecule has 1 aromatic carbocycles. The lowest BCUT2D eigenvalue weighted by Gasteiger charge is -2.16. The van der Waals surface area contributed by atoms with Crippen LogP contribution in [0.4, 0.5) is 5.69 Å². The molecule has 0 bridgehead atoms. The van der Waals surface area contributed by atoms with Crippen molar-refractivity contribution >= 4 is 11.6 Å². The van der Waals surface area contributed by atoms with E-state index in [9.17, 15) is 4.79 Å². The van der Waals surface area contributed by atoms with E-state index in [2.05, 4.69) is 5.32 Å². The summed E-state index contributed by atoms with van der Waals surface area (Å²) in [6.45, 7) is 3.91. The summed E-state index contributed by atoms with van der Waals surface area (Å²) in [5.41, 5.74) is 7.21. The van der Waals surface area contributed by atoms with Gasteiger partial charge in [0.1, 0.15) is 5.75 Å². The van der Waals surface area contributed by atoms with E-state index < -0.39 is 0 Å². The van der Waals surface area contributed by atoms with Gasteiger partial charge in [0, 0.05) is 18.2 Å². The molecule has 0 aliphatic rings. The van der Waals surface area contributed by atoms with Crippen LogP contribution in [0.25, 0.3) is 0 Å². The van der Waals surface area contributed by atoms with Crippen molar-refractivity contribution in [2.24, 2.45) is 5.73 Å². The fraction of sp³-hybridized carbons (Fsp3) is 0.417. The highest BCUT2D eigenvalue weighted by Crippen LogP contribution is 2.21. The number of hydrogen-bond acceptors (Lipinski definition) is 3. The third-order valence-electron chi connectivity index (χ3n) is 2.34. The average Bonchev–Trinajstić information content (AvgIpc) is 2.19. The van der Waals surface area contributed by atoms with Crippen molar-refractivity contribution in [2.75, 3.05) is 12.4 Å². The Hall–Kier alpha value is -1.71. The number of amides is 1. The van der Waals surface area contributed by atoms with Crippen molar-refractivity contribution in [2.45, 2.75) is 26.3 Å². The van der Waals surface area contributed by atoms with Crippen LogP contribution >= 0.6 is 0 Å². The second kappa shape index (κ2) is 5.39. The summed E-state index contributed by atoms with van der Waals surface area (Å²) < 4.78 is 5.12. The lowest BCUT2D eigenvalue weighted by Crippen LogP contribution is -2.24. The molecule has 0 aliphatic heterocycles. The zero-order valence-electron chi connectivity index (χ0n) is 9.91. The predicted octanol–water partition coefficient (Wildman–Crippen LogP) is 1.68. The van der Waals surface area contributed by atoms with E-state index in [1.54, 1.807) is 7.11 Å². The monoisotopic (exact) mass is 222 g/mol. The molecular weight excluding hydrogens is 204 g/mol. The van der Waals surface area contributed by atoms with Crippen molar-refractivity contribution in [3.63, 3.8) is 0 Å². The normalized spacial score (nSPS) is 11.9. The number of rotatable bonds is 5. The molecule has 3 N–H and O–H groups in total. The molecule has 0 fully saturated rings. The van der Waals surface area contributed by atoms with Crippen LogP contribution < -0.4 is 15.8 Å². The second-order valence-corrected chi connectivity index (χ2v) is 3.90. The van der Waals surface area contributed by atoms with Gasteiger partial charge in [0.25, 0.3) is 0 Å². The second-order valence-electron chi connectivity index (χ2n) is 3.90. The molecule has 0 radical (unpaired) electrons. The SMILES string of the molecule is COc1ccc(NC(C)CC(N)=O)c(C)c1. The Morgan fingerprint density at radius 2 is 2.25 bits per heavy atom. The first kappa shape index (κ1) is 12.4. The number of benzene rings is 1. The topological polar surface area (TPSA) is 64.3 Å². The quantitative estimate of drug-likeness (QED) is 0.796. The smallest absolute Gasteiger partial charge is 0.219 e. The molecule has 1 atom stereocenters. The highest BCUT2D eigenvalue weighted by molar-refractivity contribution is 5.75. The Kier molecular flexibility index (Phi) is 4.17. The number of carbonyl (C=O) groups is 1. The number of anilines is 1. The molecule has 1 amide bonds. The van der Waals surface area contributed by atoms with Gasteiger partial charge < -0.3 is 15.8 Å². The molecule has 1 rings (SSSR count). The maximum atomic E-state index is 10.7.